The van der Waals surface area contributed by atoms with Gasteiger partial charge in [0.25, 0.3) is 0 Å². The summed E-state index contributed by atoms with van der Waals surface area (Å²) in [5, 5.41) is 11.6. The zero-order valence-electron chi connectivity index (χ0n) is 11.5. The van der Waals surface area contributed by atoms with E-state index in [-0.39, 0.29) is 17.0 Å². The van der Waals surface area contributed by atoms with E-state index in [4.69, 9.17) is 5.11 Å². The summed E-state index contributed by atoms with van der Waals surface area (Å²) < 4.78 is 27.0. The molecule has 6 nitrogen and oxygen atoms in total. The zero-order chi connectivity index (χ0) is 15.6. The monoisotopic (exact) mass is 326 g/mol. The standard InChI is InChI=1S/C13H14N2O4S2/c1-8-3-4-10(13(16)17)5-12(8)21(18,19)14-6-11-7-20-9(2)15-11/h3-5,7,14H,6H2,1-2H3,(H,16,17). The molecular formula is C13H14N2O4S2. The second-order valence-corrected chi connectivity index (χ2v) is 7.27. The van der Waals surface area contributed by atoms with Crippen LogP contribution in [0.2, 0.25) is 0 Å². The van der Waals surface area contributed by atoms with Crippen molar-refractivity contribution < 1.29 is 18.3 Å². The number of carboxylic acids is 1. The molecule has 0 saturated carbocycles. The topological polar surface area (TPSA) is 96.4 Å². The first-order chi connectivity index (χ1) is 9.79. The average Bonchev–Trinajstić information content (AvgIpc) is 2.82. The highest BCUT2D eigenvalue weighted by atomic mass is 32.2. The van der Waals surface area contributed by atoms with Crippen LogP contribution in [0, 0.1) is 13.8 Å². The predicted molar refractivity (Wildman–Crippen MR) is 79.0 cm³/mol. The fourth-order valence-electron chi connectivity index (χ4n) is 1.76. The third-order valence-corrected chi connectivity index (χ3v) is 5.20. The van der Waals surface area contributed by atoms with Crippen molar-refractivity contribution in [3.05, 3.63) is 45.4 Å². The van der Waals surface area contributed by atoms with Crippen molar-refractivity contribution in [1.29, 1.82) is 0 Å². The highest BCUT2D eigenvalue weighted by Crippen LogP contribution is 2.18. The van der Waals surface area contributed by atoms with E-state index in [1.165, 1.54) is 23.5 Å². The summed E-state index contributed by atoms with van der Waals surface area (Å²) in [6.07, 6.45) is 0. The summed E-state index contributed by atoms with van der Waals surface area (Å²) in [5.41, 5.74) is 1.06. The smallest absolute Gasteiger partial charge is 0.335 e. The summed E-state index contributed by atoms with van der Waals surface area (Å²) in [5.74, 6) is -1.17. The molecule has 1 aromatic heterocycles. The molecule has 2 aromatic rings. The van der Waals surface area contributed by atoms with Crippen LogP contribution < -0.4 is 4.72 Å². The number of carbonyl (C=O) groups is 1. The van der Waals surface area contributed by atoms with Gasteiger partial charge in [0.2, 0.25) is 10.0 Å². The van der Waals surface area contributed by atoms with Crippen molar-refractivity contribution in [1.82, 2.24) is 9.71 Å². The van der Waals surface area contributed by atoms with E-state index in [0.29, 0.717) is 11.3 Å². The Morgan fingerprint density at radius 1 is 1.38 bits per heavy atom. The SMILES string of the molecule is Cc1nc(CNS(=O)(=O)c2cc(C(=O)O)ccc2C)cs1. The number of thiazole rings is 1. The number of carboxylic acid groups (broad SMARTS) is 1. The molecular weight excluding hydrogens is 312 g/mol. The lowest BCUT2D eigenvalue weighted by molar-refractivity contribution is 0.0696. The molecule has 0 spiro atoms. The van der Waals surface area contributed by atoms with Gasteiger partial charge < -0.3 is 5.11 Å². The van der Waals surface area contributed by atoms with Crippen LogP contribution >= 0.6 is 11.3 Å². The number of aryl methyl sites for hydroxylation is 2. The van der Waals surface area contributed by atoms with Gasteiger partial charge in [-0.1, -0.05) is 6.07 Å². The van der Waals surface area contributed by atoms with Crippen molar-refractivity contribution >= 4 is 27.3 Å². The van der Waals surface area contributed by atoms with Crippen molar-refractivity contribution in [3.8, 4) is 0 Å². The van der Waals surface area contributed by atoms with Crippen LogP contribution in [0.5, 0.6) is 0 Å². The van der Waals surface area contributed by atoms with Crippen LogP contribution in [-0.4, -0.2) is 24.5 Å². The van der Waals surface area contributed by atoms with E-state index in [1.807, 2.05) is 6.92 Å². The number of rotatable bonds is 5. The summed E-state index contributed by atoms with van der Waals surface area (Å²) in [7, 11) is -3.78. The summed E-state index contributed by atoms with van der Waals surface area (Å²) in [6.45, 7) is 3.53. The molecule has 0 radical (unpaired) electrons. The maximum absolute atomic E-state index is 12.3. The lowest BCUT2D eigenvalue weighted by Gasteiger charge is -2.09. The summed E-state index contributed by atoms with van der Waals surface area (Å²) >= 11 is 1.44. The van der Waals surface area contributed by atoms with Gasteiger partial charge >= 0.3 is 5.97 Å². The van der Waals surface area contributed by atoms with Crippen LogP contribution in [0.4, 0.5) is 0 Å². The molecule has 1 heterocycles. The van der Waals surface area contributed by atoms with Gasteiger partial charge in [-0.25, -0.2) is 22.9 Å². The molecule has 0 amide bonds. The number of aromatic nitrogens is 1. The van der Waals surface area contributed by atoms with Gasteiger partial charge in [0.1, 0.15) is 0 Å². The molecule has 0 unspecified atom stereocenters. The van der Waals surface area contributed by atoms with E-state index in [0.717, 1.165) is 11.1 Å². The van der Waals surface area contributed by atoms with Crippen molar-refractivity contribution in [2.75, 3.05) is 0 Å². The lowest BCUT2D eigenvalue weighted by atomic mass is 10.1. The molecule has 1 aromatic carbocycles. The number of aromatic carboxylic acids is 1. The number of benzene rings is 1. The second-order valence-electron chi connectivity index (χ2n) is 4.47. The Balaban J connectivity index is 2.26. The Morgan fingerprint density at radius 3 is 2.67 bits per heavy atom. The number of nitrogens with one attached hydrogen (secondary N) is 1. The molecule has 0 aliphatic rings. The Kier molecular flexibility index (Phi) is 4.40. The molecule has 0 fully saturated rings. The molecule has 21 heavy (non-hydrogen) atoms. The maximum atomic E-state index is 12.3. The lowest BCUT2D eigenvalue weighted by Crippen LogP contribution is -2.24. The van der Waals surface area contributed by atoms with E-state index >= 15 is 0 Å². The third kappa shape index (κ3) is 3.66. The summed E-state index contributed by atoms with van der Waals surface area (Å²) in [6, 6.07) is 4.01. The van der Waals surface area contributed by atoms with Gasteiger partial charge in [0, 0.05) is 5.38 Å². The van der Waals surface area contributed by atoms with Gasteiger partial charge in [-0.2, -0.15) is 0 Å². The molecule has 0 aliphatic carbocycles. The van der Waals surface area contributed by atoms with E-state index in [1.54, 1.807) is 12.3 Å². The van der Waals surface area contributed by atoms with E-state index < -0.39 is 16.0 Å². The highest BCUT2D eigenvalue weighted by Gasteiger charge is 2.19. The average molecular weight is 326 g/mol. The number of sulfonamides is 1. The number of hydrogen-bond donors (Lipinski definition) is 2. The van der Waals surface area contributed by atoms with Crippen molar-refractivity contribution in [3.63, 3.8) is 0 Å². The molecule has 2 rings (SSSR count). The zero-order valence-corrected chi connectivity index (χ0v) is 13.1. The molecule has 0 saturated heterocycles. The van der Waals surface area contributed by atoms with Crippen LogP contribution in [0.15, 0.2) is 28.5 Å². The van der Waals surface area contributed by atoms with Crippen LogP contribution in [0.3, 0.4) is 0 Å². The van der Waals surface area contributed by atoms with Gasteiger partial charge in [0.15, 0.2) is 0 Å². The minimum atomic E-state index is -3.78. The van der Waals surface area contributed by atoms with E-state index in [2.05, 4.69) is 9.71 Å². The Labute approximate surface area is 126 Å². The molecule has 0 bridgehead atoms. The van der Waals surface area contributed by atoms with Crippen molar-refractivity contribution in [2.45, 2.75) is 25.3 Å². The maximum Gasteiger partial charge on any atom is 0.335 e. The van der Waals surface area contributed by atoms with Crippen LogP contribution in [-0.2, 0) is 16.6 Å². The Bertz CT molecular complexity index is 781. The minimum Gasteiger partial charge on any atom is -0.478 e. The minimum absolute atomic E-state index is 0.0330. The molecule has 2 N–H and O–H groups in total. The molecule has 0 atom stereocenters. The Morgan fingerprint density at radius 2 is 2.10 bits per heavy atom. The fraction of sp³-hybridized carbons (Fsp3) is 0.231. The van der Waals surface area contributed by atoms with E-state index in [9.17, 15) is 13.2 Å². The first kappa shape index (κ1) is 15.6. The normalized spacial score (nSPS) is 11.5. The van der Waals surface area contributed by atoms with Crippen LogP contribution in [0.1, 0.15) is 26.6 Å². The van der Waals surface area contributed by atoms with Crippen molar-refractivity contribution in [2.24, 2.45) is 0 Å². The molecule has 0 aliphatic heterocycles. The van der Waals surface area contributed by atoms with Gasteiger partial charge in [0.05, 0.1) is 27.7 Å². The second kappa shape index (κ2) is 5.92. The predicted octanol–water partition coefficient (Wildman–Crippen LogP) is 1.94. The largest absolute Gasteiger partial charge is 0.478 e. The number of hydrogen-bond acceptors (Lipinski definition) is 5. The van der Waals surface area contributed by atoms with Crippen LogP contribution in [0.25, 0.3) is 0 Å². The summed E-state index contributed by atoms with van der Waals surface area (Å²) in [4.78, 5) is 15.1. The number of nitrogens with zero attached hydrogens (tertiary/aromatic N) is 1. The third-order valence-electron chi connectivity index (χ3n) is 2.83. The quantitative estimate of drug-likeness (QED) is 0.875. The molecule has 8 heteroatoms. The first-order valence-corrected chi connectivity index (χ1v) is 8.40. The first-order valence-electron chi connectivity index (χ1n) is 6.04. The van der Waals surface area contributed by atoms with Gasteiger partial charge in [-0.05, 0) is 31.5 Å². The fourth-order valence-corrected chi connectivity index (χ4v) is 3.64. The Hall–Kier alpha value is -1.77. The van der Waals surface area contributed by atoms with Gasteiger partial charge in [-0.3, -0.25) is 0 Å². The van der Waals surface area contributed by atoms with Gasteiger partial charge in [-0.15, -0.1) is 11.3 Å². The molecule has 112 valence electrons. The highest BCUT2D eigenvalue weighted by molar-refractivity contribution is 7.89.